The number of halogens is 4. The molecule has 0 spiro atoms. The first kappa shape index (κ1) is 13.6. The summed E-state index contributed by atoms with van der Waals surface area (Å²) >= 11 is 3.01. The van der Waals surface area contributed by atoms with Gasteiger partial charge in [0.1, 0.15) is 0 Å². The summed E-state index contributed by atoms with van der Waals surface area (Å²) in [7, 11) is 0. The van der Waals surface area contributed by atoms with E-state index in [1.54, 1.807) is 0 Å². The van der Waals surface area contributed by atoms with Gasteiger partial charge in [-0.25, -0.2) is 5.10 Å². The van der Waals surface area contributed by atoms with E-state index >= 15 is 0 Å². The van der Waals surface area contributed by atoms with Gasteiger partial charge in [-0.05, 0) is 24.3 Å². The molecular weight excluding hydrogens is 327 g/mol. The predicted octanol–water partition coefficient (Wildman–Crippen LogP) is 3.29. The van der Waals surface area contributed by atoms with Gasteiger partial charge in [-0.15, -0.1) is 0 Å². The molecule has 0 saturated carbocycles. The van der Waals surface area contributed by atoms with Gasteiger partial charge in [-0.3, -0.25) is 4.79 Å². The first-order valence-corrected chi connectivity index (χ1v) is 5.84. The van der Waals surface area contributed by atoms with E-state index in [1.807, 2.05) is 0 Å². The Kier molecular flexibility index (Phi) is 3.61. The highest BCUT2D eigenvalue weighted by Crippen LogP contribution is 2.33. The van der Waals surface area contributed by atoms with E-state index in [9.17, 15) is 18.0 Å². The minimum atomic E-state index is -4.43. The van der Waals surface area contributed by atoms with Crippen LogP contribution in [0.5, 0.6) is 0 Å². The third-order valence-corrected chi connectivity index (χ3v) is 2.63. The SMILES string of the molecule is O=c1ccc(Nc2cc(Br)cc(C(F)(F)F)c2)n[nH]1. The summed E-state index contributed by atoms with van der Waals surface area (Å²) < 4.78 is 38.2. The lowest BCUT2D eigenvalue weighted by atomic mass is 10.2. The molecule has 2 aromatic rings. The monoisotopic (exact) mass is 333 g/mol. The van der Waals surface area contributed by atoms with Gasteiger partial charge in [0.05, 0.1) is 5.56 Å². The minimum absolute atomic E-state index is 0.209. The van der Waals surface area contributed by atoms with Gasteiger partial charge in [0.15, 0.2) is 5.82 Å². The Hall–Kier alpha value is -1.83. The molecule has 1 heterocycles. The lowest BCUT2D eigenvalue weighted by Gasteiger charge is -2.11. The van der Waals surface area contributed by atoms with Crippen molar-refractivity contribution in [1.29, 1.82) is 0 Å². The second-order valence-corrected chi connectivity index (χ2v) is 4.57. The summed E-state index contributed by atoms with van der Waals surface area (Å²) in [6.45, 7) is 0. The molecule has 1 aromatic carbocycles. The Morgan fingerprint density at radius 3 is 2.53 bits per heavy atom. The molecule has 0 aliphatic heterocycles. The largest absolute Gasteiger partial charge is 0.416 e. The molecule has 2 N–H and O–H groups in total. The maximum atomic E-state index is 12.6. The van der Waals surface area contributed by atoms with E-state index in [0.717, 1.165) is 12.1 Å². The molecule has 19 heavy (non-hydrogen) atoms. The molecule has 0 amide bonds. The number of nitrogens with one attached hydrogen (secondary N) is 2. The average Bonchev–Trinajstić information content (AvgIpc) is 2.30. The molecule has 0 radical (unpaired) electrons. The van der Waals surface area contributed by atoms with Gasteiger partial charge >= 0.3 is 6.18 Å². The van der Waals surface area contributed by atoms with E-state index in [-0.39, 0.29) is 16.0 Å². The number of aromatic amines is 1. The summed E-state index contributed by atoms with van der Waals surface area (Å²) in [5.74, 6) is 0.242. The normalized spacial score (nSPS) is 11.4. The van der Waals surface area contributed by atoms with Crippen LogP contribution >= 0.6 is 15.9 Å². The first-order valence-electron chi connectivity index (χ1n) is 5.05. The quantitative estimate of drug-likeness (QED) is 0.886. The summed E-state index contributed by atoms with van der Waals surface area (Å²) in [6.07, 6.45) is -4.43. The maximum Gasteiger partial charge on any atom is 0.416 e. The molecule has 0 bridgehead atoms. The van der Waals surface area contributed by atoms with Crippen molar-refractivity contribution in [2.45, 2.75) is 6.18 Å². The van der Waals surface area contributed by atoms with Gasteiger partial charge in [0.2, 0.25) is 0 Å². The molecule has 0 aliphatic rings. The number of H-pyrrole nitrogens is 1. The zero-order valence-electron chi connectivity index (χ0n) is 9.25. The molecular formula is C11H7BrF3N3O. The average molecular weight is 334 g/mol. The van der Waals surface area contributed by atoms with Gasteiger partial charge in [-0.1, -0.05) is 15.9 Å². The molecule has 8 heteroatoms. The Morgan fingerprint density at radius 2 is 1.95 bits per heavy atom. The van der Waals surface area contributed by atoms with Crippen LogP contribution in [0.1, 0.15) is 5.56 Å². The summed E-state index contributed by atoms with van der Waals surface area (Å²) in [5.41, 5.74) is -0.967. The third kappa shape index (κ3) is 3.57. The maximum absolute atomic E-state index is 12.6. The number of anilines is 2. The van der Waals surface area contributed by atoms with Crippen LogP contribution in [-0.4, -0.2) is 10.2 Å². The van der Waals surface area contributed by atoms with E-state index in [0.29, 0.717) is 0 Å². The fraction of sp³-hybridized carbons (Fsp3) is 0.0909. The standard InChI is InChI=1S/C11H7BrF3N3O/c12-7-3-6(11(13,14)15)4-8(5-7)16-9-1-2-10(19)18-17-9/h1-5H,(H,16,17)(H,18,19). The van der Waals surface area contributed by atoms with Crippen LogP contribution in [0.15, 0.2) is 39.6 Å². The van der Waals surface area contributed by atoms with Gasteiger partial charge < -0.3 is 5.32 Å². The number of hydrogen-bond donors (Lipinski definition) is 2. The summed E-state index contributed by atoms with van der Waals surface area (Å²) in [4.78, 5) is 10.8. The van der Waals surface area contributed by atoms with Gasteiger partial charge in [-0.2, -0.15) is 18.3 Å². The number of nitrogens with zero attached hydrogens (tertiary/aromatic N) is 1. The highest BCUT2D eigenvalue weighted by molar-refractivity contribution is 9.10. The molecule has 0 fully saturated rings. The van der Waals surface area contributed by atoms with E-state index in [1.165, 1.54) is 18.2 Å². The first-order chi connectivity index (χ1) is 8.84. The topological polar surface area (TPSA) is 57.8 Å². The van der Waals surface area contributed by atoms with Crippen molar-refractivity contribution in [1.82, 2.24) is 10.2 Å². The Morgan fingerprint density at radius 1 is 1.21 bits per heavy atom. The Bertz CT molecular complexity index is 634. The van der Waals surface area contributed by atoms with E-state index < -0.39 is 17.3 Å². The zero-order chi connectivity index (χ0) is 14.0. The van der Waals surface area contributed by atoms with Crippen LogP contribution in [-0.2, 0) is 6.18 Å². The van der Waals surface area contributed by atoms with Crippen molar-refractivity contribution >= 4 is 27.4 Å². The van der Waals surface area contributed by atoms with Crippen molar-refractivity contribution in [3.63, 3.8) is 0 Å². The second kappa shape index (κ2) is 5.04. The number of aromatic nitrogens is 2. The fourth-order valence-electron chi connectivity index (χ4n) is 1.39. The molecule has 1 aromatic heterocycles. The Labute approximate surface area is 113 Å². The zero-order valence-corrected chi connectivity index (χ0v) is 10.8. The highest BCUT2D eigenvalue weighted by Gasteiger charge is 2.31. The molecule has 0 atom stereocenters. The van der Waals surface area contributed by atoms with Crippen LogP contribution < -0.4 is 10.9 Å². The number of benzene rings is 1. The van der Waals surface area contributed by atoms with E-state index in [4.69, 9.17) is 0 Å². The third-order valence-electron chi connectivity index (χ3n) is 2.18. The van der Waals surface area contributed by atoms with Crippen molar-refractivity contribution in [3.8, 4) is 0 Å². The van der Waals surface area contributed by atoms with Crippen molar-refractivity contribution in [2.75, 3.05) is 5.32 Å². The predicted molar refractivity (Wildman–Crippen MR) is 67.3 cm³/mol. The van der Waals surface area contributed by atoms with E-state index in [2.05, 4.69) is 31.4 Å². The summed E-state index contributed by atoms with van der Waals surface area (Å²) in [5, 5.41) is 8.50. The molecule has 2 rings (SSSR count). The molecule has 4 nitrogen and oxygen atoms in total. The molecule has 0 saturated heterocycles. The number of rotatable bonds is 2. The molecule has 0 unspecified atom stereocenters. The van der Waals surface area contributed by atoms with Gasteiger partial charge in [0, 0.05) is 16.2 Å². The van der Waals surface area contributed by atoms with Crippen molar-refractivity contribution < 1.29 is 13.2 Å². The molecule has 0 aliphatic carbocycles. The lowest BCUT2D eigenvalue weighted by molar-refractivity contribution is -0.137. The van der Waals surface area contributed by atoms with Crippen LogP contribution in [0.3, 0.4) is 0 Å². The van der Waals surface area contributed by atoms with Crippen LogP contribution in [0.4, 0.5) is 24.7 Å². The highest BCUT2D eigenvalue weighted by atomic mass is 79.9. The number of alkyl halides is 3. The van der Waals surface area contributed by atoms with Crippen LogP contribution in [0.2, 0.25) is 0 Å². The Balaban J connectivity index is 2.32. The van der Waals surface area contributed by atoms with Gasteiger partial charge in [0.25, 0.3) is 5.56 Å². The van der Waals surface area contributed by atoms with Crippen molar-refractivity contribution in [3.05, 3.63) is 50.7 Å². The van der Waals surface area contributed by atoms with Crippen molar-refractivity contribution in [2.24, 2.45) is 0 Å². The second-order valence-electron chi connectivity index (χ2n) is 3.66. The smallest absolute Gasteiger partial charge is 0.339 e. The summed E-state index contributed by atoms with van der Waals surface area (Å²) in [6, 6.07) is 6.00. The lowest BCUT2D eigenvalue weighted by Crippen LogP contribution is -2.08. The van der Waals surface area contributed by atoms with Crippen LogP contribution in [0, 0.1) is 0 Å². The number of hydrogen-bond acceptors (Lipinski definition) is 3. The fourth-order valence-corrected chi connectivity index (χ4v) is 1.88. The van der Waals surface area contributed by atoms with Crippen LogP contribution in [0.25, 0.3) is 0 Å². The minimum Gasteiger partial charge on any atom is -0.339 e. The molecule has 100 valence electrons.